The number of nitrogens with one attached hydrogen (secondary N) is 1. The molecule has 0 radical (unpaired) electrons. The van der Waals surface area contributed by atoms with Gasteiger partial charge in [0.25, 0.3) is 0 Å². The van der Waals surface area contributed by atoms with Gasteiger partial charge in [-0.15, -0.1) is 0 Å². The number of rotatable bonds is 11. The van der Waals surface area contributed by atoms with Crippen LogP contribution < -0.4 is 15.0 Å². The molecule has 1 amide bonds. The van der Waals surface area contributed by atoms with E-state index >= 15 is 0 Å². The summed E-state index contributed by atoms with van der Waals surface area (Å²) >= 11 is 0. The van der Waals surface area contributed by atoms with Crippen LogP contribution in [0.15, 0.2) is 48.5 Å². The molecule has 1 aliphatic heterocycles. The van der Waals surface area contributed by atoms with Gasteiger partial charge in [0.15, 0.2) is 5.60 Å². The zero-order valence-corrected chi connectivity index (χ0v) is 22.5. The lowest BCUT2D eigenvalue weighted by Gasteiger charge is -2.32. The van der Waals surface area contributed by atoms with Gasteiger partial charge in [0.05, 0.1) is 12.5 Å². The number of nitrogens with zero attached hydrogens (tertiary/aromatic N) is 1. The van der Waals surface area contributed by atoms with Gasteiger partial charge in [-0.3, -0.25) is 4.79 Å². The molecule has 1 N–H and O–H groups in total. The monoisotopic (exact) mass is 494 g/mol. The molecule has 1 atom stereocenters. The van der Waals surface area contributed by atoms with Gasteiger partial charge in [-0.05, 0) is 81.7 Å². The molecule has 0 aliphatic carbocycles. The van der Waals surface area contributed by atoms with Gasteiger partial charge in [0.2, 0.25) is 5.91 Å². The topological polar surface area (TPSA) is 67.9 Å². The molecule has 2 aromatic carbocycles. The minimum atomic E-state index is -1.07. The molecule has 1 heterocycles. The van der Waals surface area contributed by atoms with E-state index in [-0.39, 0.29) is 11.8 Å². The van der Waals surface area contributed by atoms with Crippen LogP contribution in [0, 0.1) is 5.92 Å². The predicted octanol–water partition coefficient (Wildman–Crippen LogP) is 5.84. The van der Waals surface area contributed by atoms with Crippen molar-refractivity contribution in [3.8, 4) is 5.75 Å². The normalized spacial score (nSPS) is 14.9. The van der Waals surface area contributed by atoms with Gasteiger partial charge in [0, 0.05) is 25.3 Å². The first-order chi connectivity index (χ1) is 17.2. The second kappa shape index (κ2) is 12.8. The van der Waals surface area contributed by atoms with Crippen molar-refractivity contribution >= 4 is 17.6 Å². The number of ether oxygens (including phenoxy) is 2. The Morgan fingerprint density at radius 2 is 1.67 bits per heavy atom. The number of benzene rings is 2. The molecule has 0 aromatic heterocycles. The van der Waals surface area contributed by atoms with Crippen LogP contribution in [0.25, 0.3) is 0 Å². The minimum Gasteiger partial charge on any atom is -0.476 e. The van der Waals surface area contributed by atoms with Crippen LogP contribution >= 0.6 is 0 Å². The SMILES string of the molecule is CCOC(=O)C(C)(C)Oc1ccc(CNC(=O)C(CC(C)C)c2ccccc2N2CCCCC2)cc1. The average Bonchev–Trinajstić information content (AvgIpc) is 2.87. The van der Waals surface area contributed by atoms with E-state index in [0.717, 1.165) is 30.6 Å². The molecule has 0 spiro atoms. The summed E-state index contributed by atoms with van der Waals surface area (Å²) in [4.78, 5) is 28.0. The zero-order valence-electron chi connectivity index (χ0n) is 22.5. The number of hydrogen-bond donors (Lipinski definition) is 1. The molecule has 36 heavy (non-hydrogen) atoms. The van der Waals surface area contributed by atoms with Crippen molar-refractivity contribution in [2.75, 3.05) is 24.6 Å². The summed E-state index contributed by atoms with van der Waals surface area (Å²) in [5.41, 5.74) is 2.22. The van der Waals surface area contributed by atoms with Crippen molar-refractivity contribution in [2.24, 2.45) is 5.92 Å². The first kappa shape index (κ1) is 27.6. The lowest BCUT2D eigenvalue weighted by Crippen LogP contribution is -2.39. The molecule has 1 aliphatic rings. The van der Waals surface area contributed by atoms with E-state index in [4.69, 9.17) is 9.47 Å². The van der Waals surface area contributed by atoms with Crippen LogP contribution in [0.3, 0.4) is 0 Å². The van der Waals surface area contributed by atoms with Crippen molar-refractivity contribution in [1.29, 1.82) is 0 Å². The number of hydrogen-bond acceptors (Lipinski definition) is 5. The third-order valence-electron chi connectivity index (χ3n) is 6.56. The van der Waals surface area contributed by atoms with Crippen LogP contribution in [-0.4, -0.2) is 37.2 Å². The Morgan fingerprint density at radius 1 is 1.00 bits per heavy atom. The highest BCUT2D eigenvalue weighted by Gasteiger charge is 2.31. The second-order valence-electron chi connectivity index (χ2n) is 10.5. The van der Waals surface area contributed by atoms with E-state index < -0.39 is 11.6 Å². The number of anilines is 1. The summed E-state index contributed by atoms with van der Waals surface area (Å²) in [5, 5.41) is 3.16. The summed E-state index contributed by atoms with van der Waals surface area (Å²) in [6.07, 6.45) is 4.48. The number of carbonyl (C=O) groups excluding carboxylic acids is 2. The number of carbonyl (C=O) groups is 2. The Balaban J connectivity index is 1.68. The summed E-state index contributed by atoms with van der Waals surface area (Å²) in [7, 11) is 0. The molecule has 0 saturated carbocycles. The molecule has 6 heteroatoms. The van der Waals surface area contributed by atoms with Gasteiger partial charge < -0.3 is 19.7 Å². The largest absolute Gasteiger partial charge is 0.476 e. The average molecular weight is 495 g/mol. The van der Waals surface area contributed by atoms with E-state index in [1.807, 2.05) is 30.3 Å². The van der Waals surface area contributed by atoms with Crippen molar-refractivity contribution < 1.29 is 19.1 Å². The third-order valence-corrected chi connectivity index (χ3v) is 6.56. The number of amides is 1. The van der Waals surface area contributed by atoms with Crippen molar-refractivity contribution in [1.82, 2.24) is 5.32 Å². The van der Waals surface area contributed by atoms with E-state index in [1.165, 1.54) is 24.9 Å². The van der Waals surface area contributed by atoms with Gasteiger partial charge >= 0.3 is 5.97 Å². The zero-order chi connectivity index (χ0) is 26.1. The smallest absolute Gasteiger partial charge is 0.349 e. The first-order valence-electron chi connectivity index (χ1n) is 13.3. The molecule has 6 nitrogen and oxygen atoms in total. The molecule has 1 unspecified atom stereocenters. The second-order valence-corrected chi connectivity index (χ2v) is 10.5. The standard InChI is InChI=1S/C30H42N2O4/c1-6-35-29(34)30(4,5)36-24-16-14-23(15-17-24)21-31-28(33)26(20-22(2)3)25-12-8-9-13-27(25)32-18-10-7-11-19-32/h8-9,12-17,22,26H,6-7,10-11,18-21H2,1-5H3,(H,31,33). The number of esters is 1. The molecule has 196 valence electrons. The van der Waals surface area contributed by atoms with E-state index in [2.05, 4.69) is 42.3 Å². The first-order valence-corrected chi connectivity index (χ1v) is 13.3. The fourth-order valence-electron chi connectivity index (χ4n) is 4.68. The fourth-order valence-corrected chi connectivity index (χ4v) is 4.68. The summed E-state index contributed by atoms with van der Waals surface area (Å²) in [6.45, 7) is 12.3. The van der Waals surface area contributed by atoms with E-state index in [9.17, 15) is 9.59 Å². The van der Waals surface area contributed by atoms with E-state index in [1.54, 1.807) is 20.8 Å². The van der Waals surface area contributed by atoms with Crippen molar-refractivity contribution in [3.63, 3.8) is 0 Å². The number of piperidine rings is 1. The maximum Gasteiger partial charge on any atom is 0.349 e. The Bertz CT molecular complexity index is 994. The fraction of sp³-hybridized carbons (Fsp3) is 0.533. The Kier molecular flexibility index (Phi) is 9.80. The third kappa shape index (κ3) is 7.49. The van der Waals surface area contributed by atoms with Crippen molar-refractivity contribution in [3.05, 3.63) is 59.7 Å². The lowest BCUT2D eigenvalue weighted by atomic mass is 9.87. The maximum absolute atomic E-state index is 13.5. The van der Waals surface area contributed by atoms with Crippen molar-refractivity contribution in [2.45, 2.75) is 78.4 Å². The van der Waals surface area contributed by atoms with Gasteiger partial charge in [0.1, 0.15) is 5.75 Å². The van der Waals surface area contributed by atoms with Gasteiger partial charge in [-0.25, -0.2) is 4.79 Å². The number of para-hydroxylation sites is 1. The molecular weight excluding hydrogens is 452 g/mol. The van der Waals surface area contributed by atoms with Crippen LogP contribution in [0.2, 0.25) is 0 Å². The molecule has 0 bridgehead atoms. The lowest BCUT2D eigenvalue weighted by molar-refractivity contribution is -0.158. The predicted molar refractivity (Wildman–Crippen MR) is 144 cm³/mol. The molecule has 2 aromatic rings. The highest BCUT2D eigenvalue weighted by molar-refractivity contribution is 5.85. The summed E-state index contributed by atoms with van der Waals surface area (Å²) in [6, 6.07) is 15.9. The van der Waals surface area contributed by atoms with Crippen LogP contribution in [-0.2, 0) is 20.9 Å². The van der Waals surface area contributed by atoms with E-state index in [0.29, 0.717) is 24.8 Å². The van der Waals surface area contributed by atoms with Crippen LogP contribution in [0.1, 0.15) is 77.3 Å². The Labute approximate surface area is 216 Å². The highest BCUT2D eigenvalue weighted by Crippen LogP contribution is 2.34. The highest BCUT2D eigenvalue weighted by atomic mass is 16.6. The molecule has 1 saturated heterocycles. The molecule has 3 rings (SSSR count). The van der Waals surface area contributed by atoms with Crippen LogP contribution in [0.5, 0.6) is 5.75 Å². The summed E-state index contributed by atoms with van der Waals surface area (Å²) in [5.74, 6) is 0.432. The minimum absolute atomic E-state index is 0.0527. The van der Waals surface area contributed by atoms with Gasteiger partial charge in [-0.1, -0.05) is 44.2 Å². The van der Waals surface area contributed by atoms with Gasteiger partial charge in [-0.2, -0.15) is 0 Å². The maximum atomic E-state index is 13.5. The summed E-state index contributed by atoms with van der Waals surface area (Å²) < 4.78 is 10.9. The Hall–Kier alpha value is -3.02. The molecule has 1 fully saturated rings. The molecular formula is C30H42N2O4. The quantitative estimate of drug-likeness (QED) is 0.397. The van der Waals surface area contributed by atoms with Crippen LogP contribution in [0.4, 0.5) is 5.69 Å². The Morgan fingerprint density at radius 3 is 2.31 bits per heavy atom.